The molecule has 2 rings (SSSR count). The lowest BCUT2D eigenvalue weighted by molar-refractivity contribution is -0.120. The Morgan fingerprint density at radius 2 is 1.89 bits per heavy atom. The molecule has 0 aliphatic heterocycles. The highest BCUT2D eigenvalue weighted by atomic mass is 32.1. The van der Waals surface area contributed by atoms with E-state index in [2.05, 4.69) is 22.5 Å². The quantitative estimate of drug-likeness (QED) is 0.513. The summed E-state index contributed by atoms with van der Waals surface area (Å²) in [4.78, 5) is 28.4. The van der Waals surface area contributed by atoms with Crippen molar-refractivity contribution in [2.45, 2.75) is 65.2 Å². The zero-order valence-electron chi connectivity index (χ0n) is 16.2. The van der Waals surface area contributed by atoms with Gasteiger partial charge < -0.3 is 9.73 Å². The molecule has 2 heterocycles. The first kappa shape index (κ1) is 21.2. The minimum absolute atomic E-state index is 0.0326. The molecule has 0 spiro atoms. The molecule has 0 fully saturated rings. The lowest BCUT2D eigenvalue weighted by Gasteiger charge is -2.04. The molecular formula is C20H29N3O3S. The summed E-state index contributed by atoms with van der Waals surface area (Å²) in [7, 11) is 0. The average molecular weight is 392 g/mol. The summed E-state index contributed by atoms with van der Waals surface area (Å²) in [5.41, 5.74) is 1.15. The monoisotopic (exact) mass is 391 g/mol. The molecule has 2 N–H and O–H groups in total. The number of aryl methyl sites for hydroxylation is 1. The molecule has 0 saturated carbocycles. The number of carbonyl (C=O) groups is 2. The van der Waals surface area contributed by atoms with Gasteiger partial charge in [0.2, 0.25) is 5.91 Å². The van der Waals surface area contributed by atoms with Gasteiger partial charge in [0, 0.05) is 11.9 Å². The minimum Gasteiger partial charge on any atom is -0.469 e. The first-order chi connectivity index (χ1) is 13.1. The number of nitrogens with zero attached hydrogens (tertiary/aromatic N) is 1. The molecule has 2 aromatic heterocycles. The van der Waals surface area contributed by atoms with Crippen LogP contribution in [0.1, 0.15) is 73.7 Å². The zero-order valence-corrected chi connectivity index (χ0v) is 17.0. The van der Waals surface area contributed by atoms with Gasteiger partial charge in [-0.2, -0.15) is 0 Å². The number of carbonyl (C=O) groups excluding carboxylic acids is 2. The van der Waals surface area contributed by atoms with Gasteiger partial charge in [-0.1, -0.05) is 45.4 Å². The highest BCUT2D eigenvalue weighted by molar-refractivity contribution is 7.14. The Bertz CT molecular complexity index is 724. The Labute approximate surface area is 164 Å². The van der Waals surface area contributed by atoms with Gasteiger partial charge in [-0.25, -0.2) is 4.98 Å². The second kappa shape index (κ2) is 11.5. The number of thiazole rings is 1. The standard InChI is InChI=1S/C20H29N3O3S/c1-3-4-5-6-7-8-9-11-21-18(24)13-16-14-27-20(22-16)23-19(25)17-10-12-26-15(17)2/h10,12,14H,3-9,11,13H2,1-2H3,(H,21,24)(H,22,23,25). The van der Waals surface area contributed by atoms with Crippen LogP contribution in [0.2, 0.25) is 0 Å². The predicted octanol–water partition coefficient (Wildman–Crippen LogP) is 4.71. The van der Waals surface area contributed by atoms with Gasteiger partial charge in [-0.15, -0.1) is 11.3 Å². The fourth-order valence-corrected chi connectivity index (χ4v) is 3.47. The normalized spacial score (nSPS) is 10.7. The molecule has 0 aliphatic rings. The largest absolute Gasteiger partial charge is 0.469 e. The number of hydrogen-bond donors (Lipinski definition) is 2. The number of rotatable bonds is 12. The van der Waals surface area contributed by atoms with Crippen molar-refractivity contribution in [1.82, 2.24) is 10.3 Å². The van der Waals surface area contributed by atoms with Gasteiger partial charge in [-0.3, -0.25) is 14.9 Å². The molecular weight excluding hydrogens is 362 g/mol. The van der Waals surface area contributed by atoms with Crippen LogP contribution in [0.4, 0.5) is 5.13 Å². The number of nitrogens with one attached hydrogen (secondary N) is 2. The molecule has 0 atom stereocenters. The predicted molar refractivity (Wildman–Crippen MR) is 108 cm³/mol. The summed E-state index contributed by atoms with van der Waals surface area (Å²) >= 11 is 1.31. The zero-order chi connectivity index (χ0) is 19.5. The van der Waals surface area contributed by atoms with E-state index in [1.165, 1.54) is 49.7 Å². The SMILES string of the molecule is CCCCCCCCCNC(=O)Cc1csc(NC(=O)c2ccoc2C)n1. The molecule has 0 aliphatic carbocycles. The van der Waals surface area contributed by atoms with Crippen LogP contribution in [0.3, 0.4) is 0 Å². The maximum absolute atomic E-state index is 12.1. The summed E-state index contributed by atoms with van der Waals surface area (Å²) < 4.78 is 5.13. The smallest absolute Gasteiger partial charge is 0.260 e. The van der Waals surface area contributed by atoms with Gasteiger partial charge in [-0.05, 0) is 19.4 Å². The van der Waals surface area contributed by atoms with Crippen LogP contribution in [0, 0.1) is 6.92 Å². The van der Waals surface area contributed by atoms with Gasteiger partial charge in [0.25, 0.3) is 5.91 Å². The molecule has 2 aromatic rings. The third-order valence-electron chi connectivity index (χ3n) is 4.32. The molecule has 6 nitrogen and oxygen atoms in total. The van der Waals surface area contributed by atoms with E-state index in [-0.39, 0.29) is 18.2 Å². The number of hydrogen-bond acceptors (Lipinski definition) is 5. The first-order valence-corrected chi connectivity index (χ1v) is 10.5. The summed E-state index contributed by atoms with van der Waals surface area (Å²) in [6.45, 7) is 4.66. The number of anilines is 1. The van der Waals surface area contributed by atoms with Crippen LogP contribution < -0.4 is 10.6 Å². The van der Waals surface area contributed by atoms with E-state index >= 15 is 0 Å². The number of aromatic nitrogens is 1. The Morgan fingerprint density at radius 3 is 2.59 bits per heavy atom. The van der Waals surface area contributed by atoms with Crippen LogP contribution in [0.15, 0.2) is 22.1 Å². The Hall–Kier alpha value is -2.15. The van der Waals surface area contributed by atoms with E-state index < -0.39 is 0 Å². The highest BCUT2D eigenvalue weighted by Crippen LogP contribution is 2.18. The second-order valence-corrected chi connectivity index (χ2v) is 7.49. The van der Waals surface area contributed by atoms with E-state index in [0.717, 1.165) is 12.8 Å². The van der Waals surface area contributed by atoms with Crippen molar-refractivity contribution in [3.05, 3.63) is 34.7 Å². The van der Waals surface area contributed by atoms with Crippen LogP contribution in [-0.2, 0) is 11.2 Å². The van der Waals surface area contributed by atoms with Crippen LogP contribution in [-0.4, -0.2) is 23.3 Å². The Morgan fingerprint density at radius 1 is 1.15 bits per heavy atom. The van der Waals surface area contributed by atoms with Gasteiger partial charge in [0.1, 0.15) is 5.76 Å². The number of amides is 2. The van der Waals surface area contributed by atoms with Gasteiger partial charge in [0.15, 0.2) is 5.13 Å². The molecule has 148 valence electrons. The highest BCUT2D eigenvalue weighted by Gasteiger charge is 2.14. The molecule has 2 amide bonds. The van der Waals surface area contributed by atoms with E-state index in [9.17, 15) is 9.59 Å². The van der Waals surface area contributed by atoms with Gasteiger partial charge >= 0.3 is 0 Å². The van der Waals surface area contributed by atoms with Crippen molar-refractivity contribution in [2.75, 3.05) is 11.9 Å². The molecule has 0 aromatic carbocycles. The van der Waals surface area contributed by atoms with Crippen LogP contribution >= 0.6 is 11.3 Å². The Balaban J connectivity index is 1.64. The summed E-state index contributed by atoms with van der Waals surface area (Å²) in [6, 6.07) is 1.62. The minimum atomic E-state index is -0.259. The average Bonchev–Trinajstić information content (AvgIpc) is 3.26. The van der Waals surface area contributed by atoms with E-state index in [4.69, 9.17) is 4.42 Å². The number of unbranched alkanes of at least 4 members (excludes halogenated alkanes) is 6. The lowest BCUT2D eigenvalue weighted by atomic mass is 10.1. The molecule has 27 heavy (non-hydrogen) atoms. The first-order valence-electron chi connectivity index (χ1n) is 9.66. The fraction of sp³-hybridized carbons (Fsp3) is 0.550. The summed E-state index contributed by atoms with van der Waals surface area (Å²) in [5.74, 6) is 0.273. The van der Waals surface area contributed by atoms with Crippen molar-refractivity contribution < 1.29 is 14.0 Å². The maximum atomic E-state index is 12.1. The van der Waals surface area contributed by atoms with E-state index in [0.29, 0.717) is 28.7 Å². The lowest BCUT2D eigenvalue weighted by Crippen LogP contribution is -2.26. The molecule has 0 saturated heterocycles. The van der Waals surface area contributed by atoms with Crippen molar-refractivity contribution in [1.29, 1.82) is 0 Å². The van der Waals surface area contributed by atoms with E-state index in [1.54, 1.807) is 18.4 Å². The second-order valence-electron chi connectivity index (χ2n) is 6.64. The fourth-order valence-electron chi connectivity index (χ4n) is 2.77. The maximum Gasteiger partial charge on any atom is 0.260 e. The topological polar surface area (TPSA) is 84.2 Å². The van der Waals surface area contributed by atoms with Crippen LogP contribution in [0.5, 0.6) is 0 Å². The van der Waals surface area contributed by atoms with Crippen molar-refractivity contribution in [3.8, 4) is 0 Å². The summed E-state index contributed by atoms with van der Waals surface area (Å²) in [6.07, 6.45) is 10.3. The molecule has 0 unspecified atom stereocenters. The summed E-state index contributed by atoms with van der Waals surface area (Å²) in [5, 5.41) is 7.95. The van der Waals surface area contributed by atoms with E-state index in [1.807, 2.05) is 0 Å². The molecule has 0 bridgehead atoms. The Kier molecular flexibility index (Phi) is 9.04. The van der Waals surface area contributed by atoms with Crippen LogP contribution in [0.25, 0.3) is 0 Å². The van der Waals surface area contributed by atoms with Crippen molar-refractivity contribution in [2.24, 2.45) is 0 Å². The molecule has 0 radical (unpaired) electrons. The van der Waals surface area contributed by atoms with Crippen molar-refractivity contribution in [3.63, 3.8) is 0 Å². The third-order valence-corrected chi connectivity index (χ3v) is 5.13. The van der Waals surface area contributed by atoms with Gasteiger partial charge in [0.05, 0.1) is 23.9 Å². The number of furan rings is 1. The van der Waals surface area contributed by atoms with Crippen molar-refractivity contribution >= 4 is 28.3 Å². The molecule has 7 heteroatoms. The third kappa shape index (κ3) is 7.54.